The summed E-state index contributed by atoms with van der Waals surface area (Å²) in [5.74, 6) is -0.732. The van der Waals surface area contributed by atoms with Crippen molar-refractivity contribution in [2.75, 3.05) is 6.61 Å². The van der Waals surface area contributed by atoms with Crippen LogP contribution in [0.5, 0.6) is 0 Å². The molecular formula is C20H19NO4. The van der Waals surface area contributed by atoms with Gasteiger partial charge in [-0.3, -0.25) is 4.79 Å². The van der Waals surface area contributed by atoms with E-state index in [0.29, 0.717) is 12.0 Å². The summed E-state index contributed by atoms with van der Waals surface area (Å²) in [6, 6.07) is 17.7. The highest BCUT2D eigenvalue weighted by Crippen LogP contribution is 2.19. The number of rotatable bonds is 6. The minimum absolute atomic E-state index is 0.170. The Labute approximate surface area is 145 Å². The maximum atomic E-state index is 12.5. The second-order valence-corrected chi connectivity index (χ2v) is 5.62. The summed E-state index contributed by atoms with van der Waals surface area (Å²) in [5.41, 5.74) is 1.56. The van der Waals surface area contributed by atoms with Gasteiger partial charge < -0.3 is 14.5 Å². The lowest BCUT2D eigenvalue weighted by Crippen LogP contribution is -2.43. The Morgan fingerprint density at radius 3 is 2.52 bits per heavy atom. The largest absolute Gasteiger partial charge is 0.464 e. The Balaban J connectivity index is 1.78. The van der Waals surface area contributed by atoms with Crippen LogP contribution >= 0.6 is 0 Å². The van der Waals surface area contributed by atoms with Crippen molar-refractivity contribution in [3.63, 3.8) is 0 Å². The summed E-state index contributed by atoms with van der Waals surface area (Å²) in [5, 5.41) is 3.56. The third-order valence-electron chi connectivity index (χ3n) is 3.81. The lowest BCUT2D eigenvalue weighted by molar-refractivity contribution is -0.145. The SMILES string of the molecule is CCOC(=O)C(Cc1ccccc1)NC(=O)c1cc2ccccc2o1. The monoisotopic (exact) mass is 337 g/mol. The first-order valence-electron chi connectivity index (χ1n) is 8.17. The number of para-hydroxylation sites is 1. The third-order valence-corrected chi connectivity index (χ3v) is 3.81. The van der Waals surface area contributed by atoms with Crippen molar-refractivity contribution < 1.29 is 18.7 Å². The number of hydrogen-bond donors (Lipinski definition) is 1. The van der Waals surface area contributed by atoms with Gasteiger partial charge in [-0.05, 0) is 24.6 Å². The maximum Gasteiger partial charge on any atom is 0.328 e. The molecule has 5 heteroatoms. The minimum Gasteiger partial charge on any atom is -0.464 e. The highest BCUT2D eigenvalue weighted by atomic mass is 16.5. The lowest BCUT2D eigenvalue weighted by Gasteiger charge is -2.16. The predicted octanol–water partition coefficient (Wildman–Crippen LogP) is 3.34. The second kappa shape index (κ2) is 7.66. The number of benzene rings is 2. The van der Waals surface area contributed by atoms with Crippen LogP contribution in [0.1, 0.15) is 23.0 Å². The summed E-state index contributed by atoms with van der Waals surface area (Å²) >= 11 is 0. The molecule has 1 aromatic heterocycles. The lowest BCUT2D eigenvalue weighted by atomic mass is 10.1. The van der Waals surface area contributed by atoms with Crippen LogP contribution in [-0.2, 0) is 16.0 Å². The molecule has 0 aliphatic heterocycles. The van der Waals surface area contributed by atoms with E-state index in [1.54, 1.807) is 19.1 Å². The minimum atomic E-state index is -0.775. The normalized spacial score (nSPS) is 11.9. The molecule has 128 valence electrons. The van der Waals surface area contributed by atoms with Crippen molar-refractivity contribution in [3.8, 4) is 0 Å². The first-order chi connectivity index (χ1) is 12.2. The molecule has 0 radical (unpaired) electrons. The van der Waals surface area contributed by atoms with Crippen molar-refractivity contribution in [1.29, 1.82) is 0 Å². The Morgan fingerprint density at radius 1 is 1.08 bits per heavy atom. The van der Waals surface area contributed by atoms with E-state index in [9.17, 15) is 9.59 Å². The number of carbonyl (C=O) groups is 2. The summed E-state index contributed by atoms with van der Waals surface area (Å²) < 4.78 is 10.6. The fourth-order valence-electron chi connectivity index (χ4n) is 2.61. The molecule has 0 saturated carbocycles. The van der Waals surface area contributed by atoms with Crippen LogP contribution in [0.25, 0.3) is 11.0 Å². The van der Waals surface area contributed by atoms with Crippen LogP contribution < -0.4 is 5.32 Å². The van der Waals surface area contributed by atoms with E-state index < -0.39 is 17.9 Å². The van der Waals surface area contributed by atoms with Gasteiger partial charge in [-0.25, -0.2) is 4.79 Å². The van der Waals surface area contributed by atoms with Crippen molar-refractivity contribution in [3.05, 3.63) is 72.0 Å². The van der Waals surface area contributed by atoms with Crippen molar-refractivity contribution in [1.82, 2.24) is 5.32 Å². The Kier molecular flexibility index (Phi) is 5.14. The van der Waals surface area contributed by atoms with Gasteiger partial charge in [0, 0.05) is 11.8 Å². The molecule has 1 heterocycles. The number of esters is 1. The molecule has 1 N–H and O–H groups in total. The topological polar surface area (TPSA) is 68.5 Å². The maximum absolute atomic E-state index is 12.5. The van der Waals surface area contributed by atoms with Crippen LogP contribution in [0.2, 0.25) is 0 Å². The zero-order valence-corrected chi connectivity index (χ0v) is 13.9. The molecule has 0 fully saturated rings. The molecule has 1 amide bonds. The third kappa shape index (κ3) is 4.07. The van der Waals surface area contributed by atoms with Gasteiger partial charge >= 0.3 is 5.97 Å². The van der Waals surface area contributed by atoms with E-state index in [1.165, 1.54) is 0 Å². The van der Waals surface area contributed by atoms with Gasteiger partial charge in [0.05, 0.1) is 6.61 Å². The van der Waals surface area contributed by atoms with Crippen LogP contribution in [0.4, 0.5) is 0 Å². The van der Waals surface area contributed by atoms with Crippen molar-refractivity contribution in [2.24, 2.45) is 0 Å². The highest BCUT2D eigenvalue weighted by molar-refractivity contribution is 5.98. The Hall–Kier alpha value is -3.08. The van der Waals surface area contributed by atoms with Crippen LogP contribution in [0.15, 0.2) is 65.1 Å². The summed E-state index contributed by atoms with van der Waals surface area (Å²) in [6.07, 6.45) is 0.353. The fraction of sp³-hybridized carbons (Fsp3) is 0.200. The molecule has 3 rings (SSSR count). The number of nitrogens with one attached hydrogen (secondary N) is 1. The smallest absolute Gasteiger partial charge is 0.328 e. The zero-order chi connectivity index (χ0) is 17.6. The first kappa shape index (κ1) is 16.8. The van der Waals surface area contributed by atoms with E-state index >= 15 is 0 Å². The molecule has 0 bridgehead atoms. The first-order valence-corrected chi connectivity index (χ1v) is 8.17. The van der Waals surface area contributed by atoms with Crippen LogP contribution in [0, 0.1) is 0 Å². The van der Waals surface area contributed by atoms with Gasteiger partial charge in [0.2, 0.25) is 0 Å². The van der Waals surface area contributed by atoms with Crippen molar-refractivity contribution >= 4 is 22.8 Å². The summed E-state index contributed by atoms with van der Waals surface area (Å²) in [4.78, 5) is 24.7. The molecule has 0 aliphatic rings. The molecule has 0 spiro atoms. The molecule has 0 aliphatic carbocycles. The number of ether oxygens (including phenoxy) is 1. The molecule has 1 atom stereocenters. The van der Waals surface area contributed by atoms with Gasteiger partial charge in [0.25, 0.3) is 5.91 Å². The number of hydrogen-bond acceptors (Lipinski definition) is 4. The second-order valence-electron chi connectivity index (χ2n) is 5.62. The fourth-order valence-corrected chi connectivity index (χ4v) is 2.61. The zero-order valence-electron chi connectivity index (χ0n) is 13.9. The van der Waals surface area contributed by atoms with Gasteiger partial charge in [-0.15, -0.1) is 0 Å². The number of furan rings is 1. The Morgan fingerprint density at radius 2 is 1.80 bits per heavy atom. The van der Waals surface area contributed by atoms with Crippen LogP contribution in [-0.4, -0.2) is 24.5 Å². The number of carbonyl (C=O) groups excluding carboxylic acids is 2. The average molecular weight is 337 g/mol. The van der Waals surface area contributed by atoms with Gasteiger partial charge in [0.1, 0.15) is 11.6 Å². The molecule has 1 unspecified atom stereocenters. The van der Waals surface area contributed by atoms with Gasteiger partial charge in [-0.2, -0.15) is 0 Å². The molecule has 25 heavy (non-hydrogen) atoms. The van der Waals surface area contributed by atoms with E-state index in [4.69, 9.17) is 9.15 Å². The van der Waals surface area contributed by atoms with Crippen molar-refractivity contribution in [2.45, 2.75) is 19.4 Å². The predicted molar refractivity (Wildman–Crippen MR) is 94.2 cm³/mol. The van der Waals surface area contributed by atoms with E-state index in [1.807, 2.05) is 48.5 Å². The summed E-state index contributed by atoms with van der Waals surface area (Å²) in [6.45, 7) is 1.99. The van der Waals surface area contributed by atoms with E-state index in [0.717, 1.165) is 10.9 Å². The summed E-state index contributed by atoms with van der Waals surface area (Å²) in [7, 11) is 0. The number of amides is 1. The molecule has 3 aromatic rings. The Bertz CT molecular complexity index is 837. The number of fused-ring (bicyclic) bond motifs is 1. The van der Waals surface area contributed by atoms with E-state index in [-0.39, 0.29) is 12.4 Å². The van der Waals surface area contributed by atoms with Gasteiger partial charge in [0.15, 0.2) is 5.76 Å². The van der Waals surface area contributed by atoms with Crippen LogP contribution in [0.3, 0.4) is 0 Å². The molecular weight excluding hydrogens is 318 g/mol. The quantitative estimate of drug-likeness (QED) is 0.701. The molecule has 5 nitrogen and oxygen atoms in total. The van der Waals surface area contributed by atoms with E-state index in [2.05, 4.69) is 5.32 Å². The molecule has 0 saturated heterocycles. The van der Waals surface area contributed by atoms with Gasteiger partial charge in [-0.1, -0.05) is 48.5 Å². The standard InChI is InChI=1S/C20H19NO4/c1-2-24-20(23)16(12-14-8-4-3-5-9-14)21-19(22)18-13-15-10-6-7-11-17(15)25-18/h3-11,13,16H,2,12H2,1H3,(H,21,22). The molecule has 2 aromatic carbocycles. The highest BCUT2D eigenvalue weighted by Gasteiger charge is 2.24. The average Bonchev–Trinajstić information content (AvgIpc) is 3.06.